The zero-order valence-corrected chi connectivity index (χ0v) is 9.98. The Bertz CT molecular complexity index is 526. The Hall–Kier alpha value is -2.11. The molecule has 3 nitrogen and oxygen atoms in total. The van der Waals surface area contributed by atoms with Gasteiger partial charge in [-0.15, -0.1) is 0 Å². The minimum atomic E-state index is -4.30. The smallest absolute Gasteiger partial charge is 0.354 e. The Balaban J connectivity index is 1.93. The number of nitrogens with one attached hydrogen (secondary N) is 1. The van der Waals surface area contributed by atoms with Gasteiger partial charge in [-0.05, 0) is 24.1 Å². The highest BCUT2D eigenvalue weighted by Crippen LogP contribution is 2.29. The molecule has 19 heavy (non-hydrogen) atoms. The second-order valence-corrected chi connectivity index (χ2v) is 3.95. The topological polar surface area (TPSA) is 37.8 Å². The van der Waals surface area contributed by atoms with E-state index in [-0.39, 0.29) is 0 Å². The van der Waals surface area contributed by atoms with Crippen molar-refractivity contribution < 1.29 is 13.2 Å². The van der Waals surface area contributed by atoms with Gasteiger partial charge in [0.25, 0.3) is 0 Å². The number of aromatic nitrogens is 2. The number of nitrogens with zero attached hydrogens (tertiary/aromatic N) is 2. The van der Waals surface area contributed by atoms with Crippen molar-refractivity contribution in [2.24, 2.45) is 0 Å². The molecule has 2 aromatic rings. The minimum Gasteiger partial charge on any atom is -0.354 e. The maximum absolute atomic E-state index is 12.5. The maximum atomic E-state index is 12.5. The number of alkyl halides is 3. The lowest BCUT2D eigenvalue weighted by molar-refractivity contribution is -0.137. The van der Waals surface area contributed by atoms with Crippen LogP contribution < -0.4 is 5.32 Å². The van der Waals surface area contributed by atoms with Gasteiger partial charge in [0.1, 0.15) is 0 Å². The zero-order valence-electron chi connectivity index (χ0n) is 9.98. The van der Waals surface area contributed by atoms with E-state index in [1.165, 1.54) is 6.07 Å². The number of hydrogen-bond acceptors (Lipinski definition) is 3. The minimum absolute atomic E-state index is 0.467. The highest BCUT2D eigenvalue weighted by atomic mass is 19.4. The predicted molar refractivity (Wildman–Crippen MR) is 65.7 cm³/mol. The number of anilines is 1. The molecular formula is C13H12F3N3. The average Bonchev–Trinajstić information content (AvgIpc) is 2.39. The van der Waals surface area contributed by atoms with Crippen LogP contribution in [0.4, 0.5) is 19.1 Å². The summed E-state index contributed by atoms with van der Waals surface area (Å²) in [5.41, 5.74) is -0.000725. The summed E-state index contributed by atoms with van der Waals surface area (Å²) in [6.07, 6.45) is -0.632. The van der Waals surface area contributed by atoms with E-state index in [2.05, 4.69) is 15.3 Å². The van der Waals surface area contributed by atoms with Gasteiger partial charge in [0.2, 0.25) is 5.95 Å². The van der Waals surface area contributed by atoms with Crippen molar-refractivity contribution in [3.63, 3.8) is 0 Å². The van der Waals surface area contributed by atoms with Crippen LogP contribution in [0.15, 0.2) is 42.7 Å². The van der Waals surface area contributed by atoms with Gasteiger partial charge in [-0.2, -0.15) is 13.2 Å². The fourth-order valence-electron chi connectivity index (χ4n) is 1.61. The highest BCUT2D eigenvalue weighted by molar-refractivity contribution is 5.27. The monoisotopic (exact) mass is 267 g/mol. The molecule has 0 aliphatic rings. The molecule has 0 unspecified atom stereocenters. The molecule has 100 valence electrons. The van der Waals surface area contributed by atoms with Crippen molar-refractivity contribution in [1.29, 1.82) is 0 Å². The molecule has 0 atom stereocenters. The molecule has 0 fully saturated rings. The molecule has 1 aromatic carbocycles. The molecule has 2 rings (SSSR count). The fourth-order valence-corrected chi connectivity index (χ4v) is 1.61. The standard InChI is InChI=1S/C13H12F3N3/c14-13(15,16)11-4-1-3-10(9-11)5-8-19-12-17-6-2-7-18-12/h1-4,6-7,9H,5,8H2,(H,17,18,19). The van der Waals surface area contributed by atoms with Crippen molar-refractivity contribution >= 4 is 5.95 Å². The summed E-state index contributed by atoms with van der Waals surface area (Å²) in [5.74, 6) is 0.467. The number of hydrogen-bond donors (Lipinski definition) is 1. The SMILES string of the molecule is FC(F)(F)c1cccc(CCNc2ncccn2)c1. The fraction of sp³-hybridized carbons (Fsp3) is 0.231. The van der Waals surface area contributed by atoms with E-state index in [0.29, 0.717) is 24.5 Å². The first-order chi connectivity index (χ1) is 9.05. The lowest BCUT2D eigenvalue weighted by atomic mass is 10.1. The van der Waals surface area contributed by atoms with Crippen LogP contribution >= 0.6 is 0 Å². The summed E-state index contributed by atoms with van der Waals surface area (Å²) in [5, 5.41) is 2.95. The van der Waals surface area contributed by atoms with Gasteiger partial charge >= 0.3 is 6.18 Å². The van der Waals surface area contributed by atoms with Crippen LogP contribution in [-0.4, -0.2) is 16.5 Å². The lowest BCUT2D eigenvalue weighted by Crippen LogP contribution is -2.09. The number of rotatable bonds is 4. The number of benzene rings is 1. The molecule has 0 saturated carbocycles. The molecule has 1 heterocycles. The van der Waals surface area contributed by atoms with Gasteiger partial charge in [0.05, 0.1) is 5.56 Å². The first kappa shape index (κ1) is 13.3. The van der Waals surface area contributed by atoms with Crippen LogP contribution in [0.3, 0.4) is 0 Å². The van der Waals surface area contributed by atoms with Crippen molar-refractivity contribution in [1.82, 2.24) is 9.97 Å². The second-order valence-electron chi connectivity index (χ2n) is 3.95. The van der Waals surface area contributed by atoms with E-state index in [0.717, 1.165) is 12.1 Å². The summed E-state index contributed by atoms with van der Waals surface area (Å²) < 4.78 is 37.6. The third-order valence-electron chi connectivity index (χ3n) is 2.52. The van der Waals surface area contributed by atoms with Crippen molar-refractivity contribution in [3.05, 3.63) is 53.9 Å². The van der Waals surface area contributed by atoms with Crippen molar-refractivity contribution in [2.45, 2.75) is 12.6 Å². The lowest BCUT2D eigenvalue weighted by Gasteiger charge is -2.09. The van der Waals surface area contributed by atoms with Crippen molar-refractivity contribution in [3.8, 4) is 0 Å². The first-order valence-electron chi connectivity index (χ1n) is 5.73. The van der Waals surface area contributed by atoms with Gasteiger partial charge in [-0.1, -0.05) is 18.2 Å². The zero-order chi connectivity index (χ0) is 13.7. The molecule has 6 heteroatoms. The van der Waals surface area contributed by atoms with Crippen LogP contribution in [0.2, 0.25) is 0 Å². The van der Waals surface area contributed by atoms with Crippen LogP contribution in [0.1, 0.15) is 11.1 Å². The Morgan fingerprint density at radius 3 is 2.47 bits per heavy atom. The van der Waals surface area contributed by atoms with Crippen LogP contribution in [0.5, 0.6) is 0 Å². The summed E-state index contributed by atoms with van der Waals surface area (Å²) in [7, 11) is 0. The maximum Gasteiger partial charge on any atom is 0.416 e. The summed E-state index contributed by atoms with van der Waals surface area (Å²) in [4.78, 5) is 7.93. The van der Waals surface area contributed by atoms with Crippen LogP contribution in [-0.2, 0) is 12.6 Å². The van der Waals surface area contributed by atoms with Gasteiger partial charge in [0.15, 0.2) is 0 Å². The molecule has 1 aromatic heterocycles. The summed E-state index contributed by atoms with van der Waals surface area (Å²) in [6, 6.07) is 7.00. The number of halogens is 3. The highest BCUT2D eigenvalue weighted by Gasteiger charge is 2.30. The Kier molecular flexibility index (Phi) is 3.99. The third kappa shape index (κ3) is 3.94. The summed E-state index contributed by atoms with van der Waals surface area (Å²) >= 11 is 0. The molecule has 0 amide bonds. The Labute approximate surface area is 108 Å². The molecule has 0 radical (unpaired) electrons. The van der Waals surface area contributed by atoms with E-state index in [4.69, 9.17) is 0 Å². The van der Waals surface area contributed by atoms with E-state index in [9.17, 15) is 13.2 Å². The van der Waals surface area contributed by atoms with Crippen LogP contribution in [0, 0.1) is 0 Å². The van der Waals surface area contributed by atoms with Crippen molar-refractivity contribution in [2.75, 3.05) is 11.9 Å². The van der Waals surface area contributed by atoms with Gasteiger partial charge in [0, 0.05) is 18.9 Å². The van der Waals surface area contributed by atoms with Crippen LogP contribution in [0.25, 0.3) is 0 Å². The predicted octanol–water partition coefficient (Wildman–Crippen LogP) is 3.15. The second kappa shape index (κ2) is 5.69. The molecule has 0 bridgehead atoms. The summed E-state index contributed by atoms with van der Waals surface area (Å²) in [6.45, 7) is 0.478. The van der Waals surface area contributed by atoms with Gasteiger partial charge in [-0.3, -0.25) is 0 Å². The Morgan fingerprint density at radius 2 is 1.79 bits per heavy atom. The molecule has 0 spiro atoms. The van der Waals surface area contributed by atoms with E-state index in [1.54, 1.807) is 24.5 Å². The van der Waals surface area contributed by atoms with Gasteiger partial charge < -0.3 is 5.32 Å². The van der Waals surface area contributed by atoms with E-state index >= 15 is 0 Å². The molecule has 0 aliphatic heterocycles. The molecule has 0 aliphatic carbocycles. The Morgan fingerprint density at radius 1 is 1.05 bits per heavy atom. The first-order valence-corrected chi connectivity index (χ1v) is 5.73. The molecular weight excluding hydrogens is 255 g/mol. The average molecular weight is 267 g/mol. The quantitative estimate of drug-likeness (QED) is 0.924. The largest absolute Gasteiger partial charge is 0.416 e. The third-order valence-corrected chi connectivity index (χ3v) is 2.52. The van der Waals surface area contributed by atoms with Gasteiger partial charge in [-0.25, -0.2) is 9.97 Å². The molecule has 0 saturated heterocycles. The molecule has 1 N–H and O–H groups in total. The normalized spacial score (nSPS) is 11.3. The van der Waals surface area contributed by atoms with E-state index in [1.807, 2.05) is 0 Å². The van der Waals surface area contributed by atoms with E-state index < -0.39 is 11.7 Å².